The topological polar surface area (TPSA) is 84.1 Å². The summed E-state index contributed by atoms with van der Waals surface area (Å²) in [5.41, 5.74) is 3.81. The first-order valence-electron chi connectivity index (χ1n) is 6.11. The van der Waals surface area contributed by atoms with Crippen molar-refractivity contribution >= 4 is 5.91 Å². The summed E-state index contributed by atoms with van der Waals surface area (Å²) in [7, 11) is 0. The van der Waals surface area contributed by atoms with E-state index in [9.17, 15) is 9.59 Å². The zero-order valence-corrected chi connectivity index (χ0v) is 11.3. The second-order valence-electron chi connectivity index (χ2n) is 4.34. The molecule has 0 atom stereocenters. The molecule has 20 heavy (non-hydrogen) atoms. The fourth-order valence-corrected chi connectivity index (χ4v) is 1.71. The molecule has 0 aliphatic rings. The molecule has 0 saturated heterocycles. The van der Waals surface area contributed by atoms with Gasteiger partial charge in [-0.1, -0.05) is 30.3 Å². The summed E-state index contributed by atoms with van der Waals surface area (Å²) in [6.45, 7) is 3.62. The Labute approximate surface area is 115 Å². The number of nitrogens with one attached hydrogen (secondary N) is 2. The van der Waals surface area contributed by atoms with E-state index in [0.29, 0.717) is 11.3 Å². The highest BCUT2D eigenvalue weighted by Gasteiger charge is 2.16. The van der Waals surface area contributed by atoms with Gasteiger partial charge in [-0.25, -0.2) is 10.6 Å². The van der Waals surface area contributed by atoms with Crippen molar-refractivity contribution in [2.45, 2.75) is 20.5 Å². The first-order valence-corrected chi connectivity index (χ1v) is 6.11. The maximum Gasteiger partial charge on any atom is 0.280 e. The largest absolute Gasteiger partial charge is 0.280 e. The average Bonchev–Trinajstić information content (AvgIpc) is 2.44. The molecule has 1 amide bonds. The summed E-state index contributed by atoms with van der Waals surface area (Å²) < 4.78 is 0. The zero-order valence-electron chi connectivity index (χ0n) is 11.3. The first kappa shape index (κ1) is 14.0. The number of aryl methyl sites for hydroxylation is 1. The molecular weight excluding hydrogens is 258 g/mol. The van der Waals surface area contributed by atoms with Gasteiger partial charge in [0.1, 0.15) is 5.56 Å². The molecule has 0 unspecified atom stereocenters. The molecule has 2 N–H and O–H groups in total. The second kappa shape index (κ2) is 6.12. The summed E-state index contributed by atoms with van der Waals surface area (Å²) in [5.74, 6) is -0.579. The SMILES string of the molecule is Cc1n[nH]c(=O)c(C(=O)NOCc2ccccc2)c1C. The van der Waals surface area contributed by atoms with E-state index in [0.717, 1.165) is 5.56 Å². The lowest BCUT2D eigenvalue weighted by molar-refractivity contribution is 0.0231. The highest BCUT2D eigenvalue weighted by atomic mass is 16.6. The number of rotatable bonds is 4. The predicted molar refractivity (Wildman–Crippen MR) is 73.0 cm³/mol. The van der Waals surface area contributed by atoms with Crippen molar-refractivity contribution in [3.8, 4) is 0 Å². The fourth-order valence-electron chi connectivity index (χ4n) is 1.71. The molecule has 0 fully saturated rings. The van der Waals surface area contributed by atoms with E-state index in [1.807, 2.05) is 30.3 Å². The quantitative estimate of drug-likeness (QED) is 0.821. The molecule has 1 heterocycles. The van der Waals surface area contributed by atoms with E-state index < -0.39 is 11.5 Å². The number of carbonyl (C=O) groups excluding carboxylic acids is 1. The number of hydrogen-bond donors (Lipinski definition) is 2. The minimum atomic E-state index is -0.579. The fraction of sp³-hybridized carbons (Fsp3) is 0.214. The average molecular weight is 273 g/mol. The Morgan fingerprint density at radius 3 is 2.70 bits per heavy atom. The number of H-pyrrole nitrogens is 1. The number of aromatic amines is 1. The molecule has 6 nitrogen and oxygen atoms in total. The third-order valence-electron chi connectivity index (χ3n) is 2.94. The summed E-state index contributed by atoms with van der Waals surface area (Å²) in [6, 6.07) is 9.40. The maximum atomic E-state index is 11.9. The predicted octanol–water partition coefficient (Wildman–Crippen LogP) is 1.25. The number of nitrogens with zero attached hydrogens (tertiary/aromatic N) is 1. The van der Waals surface area contributed by atoms with Crippen molar-refractivity contribution in [1.82, 2.24) is 15.7 Å². The number of aromatic nitrogens is 2. The van der Waals surface area contributed by atoms with Gasteiger partial charge in [0.15, 0.2) is 0 Å². The van der Waals surface area contributed by atoms with Crippen LogP contribution in [0.5, 0.6) is 0 Å². The van der Waals surface area contributed by atoms with Crippen LogP contribution in [0.2, 0.25) is 0 Å². The van der Waals surface area contributed by atoms with Gasteiger partial charge in [0.05, 0.1) is 12.3 Å². The molecule has 2 aromatic rings. The number of hydroxylamine groups is 1. The molecule has 104 valence electrons. The van der Waals surface area contributed by atoms with Crippen LogP contribution in [0.15, 0.2) is 35.1 Å². The normalized spacial score (nSPS) is 10.3. The molecular formula is C14H15N3O3. The van der Waals surface area contributed by atoms with Gasteiger partial charge >= 0.3 is 0 Å². The summed E-state index contributed by atoms with van der Waals surface area (Å²) in [6.07, 6.45) is 0. The van der Waals surface area contributed by atoms with Crippen LogP contribution < -0.4 is 11.0 Å². The Balaban J connectivity index is 2.03. The summed E-state index contributed by atoms with van der Waals surface area (Å²) in [5, 5.41) is 6.07. The summed E-state index contributed by atoms with van der Waals surface area (Å²) >= 11 is 0. The van der Waals surface area contributed by atoms with Gasteiger partial charge in [0.25, 0.3) is 11.5 Å². The van der Waals surface area contributed by atoms with Crippen LogP contribution in [-0.4, -0.2) is 16.1 Å². The van der Waals surface area contributed by atoms with E-state index in [4.69, 9.17) is 4.84 Å². The van der Waals surface area contributed by atoms with Gasteiger partial charge in [0, 0.05) is 0 Å². The van der Waals surface area contributed by atoms with E-state index in [1.54, 1.807) is 13.8 Å². The third-order valence-corrected chi connectivity index (χ3v) is 2.94. The molecule has 0 aliphatic carbocycles. The molecule has 6 heteroatoms. The lowest BCUT2D eigenvalue weighted by Crippen LogP contribution is -2.31. The van der Waals surface area contributed by atoms with E-state index in [-0.39, 0.29) is 12.2 Å². The van der Waals surface area contributed by atoms with E-state index >= 15 is 0 Å². The molecule has 0 saturated carbocycles. The van der Waals surface area contributed by atoms with Gasteiger partial charge in [-0.2, -0.15) is 5.10 Å². The van der Waals surface area contributed by atoms with Gasteiger partial charge in [-0.15, -0.1) is 0 Å². The number of carbonyl (C=O) groups is 1. The number of hydrogen-bond acceptors (Lipinski definition) is 4. The standard InChI is InChI=1S/C14H15N3O3/c1-9-10(2)15-16-13(18)12(9)14(19)17-20-8-11-6-4-3-5-7-11/h3-7H,8H2,1-2H3,(H,16,18)(H,17,19). The van der Waals surface area contributed by atoms with Crippen LogP contribution >= 0.6 is 0 Å². The van der Waals surface area contributed by atoms with Gasteiger partial charge < -0.3 is 0 Å². The van der Waals surface area contributed by atoms with Crippen LogP contribution in [0, 0.1) is 13.8 Å². The van der Waals surface area contributed by atoms with Crippen molar-refractivity contribution in [2.75, 3.05) is 0 Å². The van der Waals surface area contributed by atoms with Crippen molar-refractivity contribution in [1.29, 1.82) is 0 Å². The van der Waals surface area contributed by atoms with E-state index in [2.05, 4.69) is 15.7 Å². The van der Waals surface area contributed by atoms with Crippen molar-refractivity contribution in [3.05, 3.63) is 63.1 Å². The Morgan fingerprint density at radius 1 is 1.30 bits per heavy atom. The van der Waals surface area contributed by atoms with Gasteiger partial charge in [-0.3, -0.25) is 14.4 Å². The Bertz CT molecular complexity index is 665. The van der Waals surface area contributed by atoms with Crippen molar-refractivity contribution < 1.29 is 9.63 Å². The van der Waals surface area contributed by atoms with Crippen LogP contribution in [0.4, 0.5) is 0 Å². The maximum absolute atomic E-state index is 11.9. The Kier molecular flexibility index (Phi) is 4.27. The first-order chi connectivity index (χ1) is 9.59. The molecule has 1 aromatic carbocycles. The monoisotopic (exact) mass is 273 g/mol. The molecule has 0 spiro atoms. The van der Waals surface area contributed by atoms with Gasteiger partial charge in [0.2, 0.25) is 0 Å². The lowest BCUT2D eigenvalue weighted by atomic mass is 10.1. The van der Waals surface area contributed by atoms with E-state index in [1.165, 1.54) is 0 Å². The number of benzene rings is 1. The smallest absolute Gasteiger partial charge is 0.269 e. The van der Waals surface area contributed by atoms with Crippen LogP contribution in [-0.2, 0) is 11.4 Å². The highest BCUT2D eigenvalue weighted by Crippen LogP contribution is 2.05. The Hall–Kier alpha value is -2.47. The van der Waals surface area contributed by atoms with Gasteiger partial charge in [-0.05, 0) is 25.0 Å². The Morgan fingerprint density at radius 2 is 2.00 bits per heavy atom. The van der Waals surface area contributed by atoms with Crippen molar-refractivity contribution in [2.24, 2.45) is 0 Å². The second-order valence-corrected chi connectivity index (χ2v) is 4.34. The highest BCUT2D eigenvalue weighted by molar-refractivity contribution is 5.94. The zero-order chi connectivity index (χ0) is 14.5. The third kappa shape index (κ3) is 3.10. The summed E-state index contributed by atoms with van der Waals surface area (Å²) in [4.78, 5) is 28.7. The van der Waals surface area contributed by atoms with Crippen LogP contribution in [0.3, 0.4) is 0 Å². The van der Waals surface area contributed by atoms with Crippen LogP contribution in [0.25, 0.3) is 0 Å². The molecule has 0 radical (unpaired) electrons. The molecule has 2 rings (SSSR count). The van der Waals surface area contributed by atoms with Crippen LogP contribution in [0.1, 0.15) is 27.2 Å². The minimum absolute atomic E-state index is 0.0190. The lowest BCUT2D eigenvalue weighted by Gasteiger charge is -2.08. The molecule has 0 bridgehead atoms. The number of amides is 1. The van der Waals surface area contributed by atoms with Crippen molar-refractivity contribution in [3.63, 3.8) is 0 Å². The minimum Gasteiger partial charge on any atom is -0.269 e. The molecule has 1 aromatic heterocycles. The molecule has 0 aliphatic heterocycles.